The summed E-state index contributed by atoms with van der Waals surface area (Å²) >= 11 is 0. The second kappa shape index (κ2) is 6.62. The van der Waals surface area contributed by atoms with Crippen LogP contribution in [0.2, 0.25) is 0 Å². The zero-order chi connectivity index (χ0) is 18.9. The highest BCUT2D eigenvalue weighted by Crippen LogP contribution is 2.30. The number of pyridine rings is 1. The predicted octanol–water partition coefficient (Wildman–Crippen LogP) is 4.59. The minimum atomic E-state index is 0.592. The highest BCUT2D eigenvalue weighted by molar-refractivity contribution is 5.93. The molecule has 28 heavy (non-hydrogen) atoms. The Labute approximate surface area is 160 Å². The summed E-state index contributed by atoms with van der Waals surface area (Å²) in [6, 6.07) is 15.2. The molecule has 5 rings (SSSR count). The van der Waals surface area contributed by atoms with Gasteiger partial charge >= 0.3 is 0 Å². The SMILES string of the molecule is COc1ccc2nc(-c3cccnc3)nc(Nc3ccc4ncoc4c3)c2c1. The van der Waals surface area contributed by atoms with Gasteiger partial charge in [-0.25, -0.2) is 15.0 Å². The molecule has 0 saturated carbocycles. The van der Waals surface area contributed by atoms with E-state index in [2.05, 4.69) is 20.3 Å². The fourth-order valence-electron chi connectivity index (χ4n) is 3.02. The van der Waals surface area contributed by atoms with Crippen LogP contribution < -0.4 is 10.1 Å². The first-order valence-corrected chi connectivity index (χ1v) is 8.66. The van der Waals surface area contributed by atoms with Crippen molar-refractivity contribution in [3.05, 3.63) is 67.3 Å². The third-order valence-corrected chi connectivity index (χ3v) is 4.42. The molecule has 1 N–H and O–H groups in total. The van der Waals surface area contributed by atoms with E-state index >= 15 is 0 Å². The molecule has 0 aliphatic rings. The second-order valence-electron chi connectivity index (χ2n) is 6.18. The van der Waals surface area contributed by atoms with Crippen molar-refractivity contribution in [2.24, 2.45) is 0 Å². The maximum absolute atomic E-state index is 5.40. The number of benzene rings is 2. The molecule has 0 atom stereocenters. The molecule has 0 unspecified atom stereocenters. The van der Waals surface area contributed by atoms with Gasteiger partial charge in [0.05, 0.1) is 12.6 Å². The zero-order valence-electron chi connectivity index (χ0n) is 15.0. The van der Waals surface area contributed by atoms with Crippen molar-refractivity contribution in [2.75, 3.05) is 12.4 Å². The number of ether oxygens (including phenoxy) is 1. The number of methoxy groups -OCH3 is 1. The Morgan fingerprint density at radius 2 is 1.93 bits per heavy atom. The van der Waals surface area contributed by atoms with E-state index in [1.807, 2.05) is 48.5 Å². The fourth-order valence-corrected chi connectivity index (χ4v) is 3.02. The van der Waals surface area contributed by atoms with Gasteiger partial charge < -0.3 is 14.5 Å². The Morgan fingerprint density at radius 1 is 1.00 bits per heavy atom. The summed E-state index contributed by atoms with van der Waals surface area (Å²) in [5, 5.41) is 4.23. The summed E-state index contributed by atoms with van der Waals surface area (Å²) in [5.41, 5.74) is 3.99. The smallest absolute Gasteiger partial charge is 0.181 e. The number of nitrogens with one attached hydrogen (secondary N) is 1. The monoisotopic (exact) mass is 369 g/mol. The van der Waals surface area contributed by atoms with Crippen LogP contribution in [0.1, 0.15) is 0 Å². The lowest BCUT2D eigenvalue weighted by atomic mass is 10.2. The Bertz CT molecular complexity index is 1280. The van der Waals surface area contributed by atoms with Crippen LogP contribution in [0.5, 0.6) is 5.75 Å². The van der Waals surface area contributed by atoms with Crippen LogP contribution in [0.25, 0.3) is 33.4 Å². The lowest BCUT2D eigenvalue weighted by Gasteiger charge is -2.12. The number of anilines is 2. The van der Waals surface area contributed by atoms with Crippen LogP contribution in [-0.2, 0) is 0 Å². The quantitative estimate of drug-likeness (QED) is 0.496. The van der Waals surface area contributed by atoms with Crippen LogP contribution >= 0.6 is 0 Å². The van der Waals surface area contributed by atoms with Crippen LogP contribution in [0.4, 0.5) is 11.5 Å². The fraction of sp³-hybridized carbons (Fsp3) is 0.0476. The molecule has 0 radical (unpaired) electrons. The molecule has 0 amide bonds. The van der Waals surface area contributed by atoms with E-state index in [1.54, 1.807) is 19.5 Å². The zero-order valence-corrected chi connectivity index (χ0v) is 15.0. The summed E-state index contributed by atoms with van der Waals surface area (Å²) < 4.78 is 10.8. The topological polar surface area (TPSA) is 86.0 Å². The van der Waals surface area contributed by atoms with Gasteiger partial charge in [0.2, 0.25) is 0 Å². The van der Waals surface area contributed by atoms with Crippen molar-refractivity contribution >= 4 is 33.5 Å². The Morgan fingerprint density at radius 3 is 2.79 bits per heavy atom. The normalized spacial score (nSPS) is 11.0. The van der Waals surface area contributed by atoms with Crippen LogP contribution in [0.3, 0.4) is 0 Å². The van der Waals surface area contributed by atoms with Crippen molar-refractivity contribution in [2.45, 2.75) is 0 Å². The van der Waals surface area contributed by atoms with Gasteiger partial charge in [0.1, 0.15) is 17.1 Å². The molecule has 5 aromatic rings. The number of rotatable bonds is 4. The maximum atomic E-state index is 5.40. The average Bonchev–Trinajstić information content (AvgIpc) is 3.22. The lowest BCUT2D eigenvalue weighted by molar-refractivity contribution is 0.415. The molecule has 7 heteroatoms. The van der Waals surface area contributed by atoms with Crippen molar-refractivity contribution in [3.63, 3.8) is 0 Å². The molecule has 0 aliphatic carbocycles. The van der Waals surface area contributed by atoms with Crippen molar-refractivity contribution in [1.29, 1.82) is 0 Å². The Kier molecular flexibility index (Phi) is 3.83. The molecular formula is C21H15N5O2. The summed E-state index contributed by atoms with van der Waals surface area (Å²) in [4.78, 5) is 17.8. The van der Waals surface area contributed by atoms with Crippen molar-refractivity contribution in [3.8, 4) is 17.1 Å². The van der Waals surface area contributed by atoms with Crippen molar-refractivity contribution in [1.82, 2.24) is 19.9 Å². The van der Waals surface area contributed by atoms with Gasteiger partial charge in [0.25, 0.3) is 0 Å². The van der Waals surface area contributed by atoms with E-state index < -0.39 is 0 Å². The predicted molar refractivity (Wildman–Crippen MR) is 107 cm³/mol. The largest absolute Gasteiger partial charge is 0.497 e. The van der Waals surface area contributed by atoms with Crippen molar-refractivity contribution < 1.29 is 9.15 Å². The minimum Gasteiger partial charge on any atom is -0.497 e. The third kappa shape index (κ3) is 2.88. The summed E-state index contributed by atoms with van der Waals surface area (Å²) in [5.74, 6) is 1.99. The van der Waals surface area contributed by atoms with Gasteiger partial charge in [0, 0.05) is 35.1 Å². The highest BCUT2D eigenvalue weighted by atomic mass is 16.5. The molecule has 0 saturated heterocycles. The molecular weight excluding hydrogens is 354 g/mol. The molecule has 0 fully saturated rings. The van der Waals surface area contributed by atoms with E-state index in [0.717, 1.165) is 33.4 Å². The van der Waals surface area contributed by atoms with E-state index in [0.29, 0.717) is 17.2 Å². The first kappa shape index (κ1) is 16.2. The summed E-state index contributed by atoms with van der Waals surface area (Å²) in [7, 11) is 1.64. The second-order valence-corrected chi connectivity index (χ2v) is 6.18. The number of hydrogen-bond acceptors (Lipinski definition) is 7. The minimum absolute atomic E-state index is 0.592. The maximum Gasteiger partial charge on any atom is 0.181 e. The summed E-state index contributed by atoms with van der Waals surface area (Å²) in [6.45, 7) is 0. The third-order valence-electron chi connectivity index (χ3n) is 4.42. The van der Waals surface area contributed by atoms with Gasteiger partial charge in [-0.15, -0.1) is 0 Å². The van der Waals surface area contributed by atoms with Gasteiger partial charge in [-0.2, -0.15) is 0 Å². The highest BCUT2D eigenvalue weighted by Gasteiger charge is 2.12. The molecule has 2 aromatic carbocycles. The van der Waals surface area contributed by atoms with Crippen LogP contribution in [0.15, 0.2) is 71.7 Å². The molecule has 0 aliphatic heterocycles. The van der Waals surface area contributed by atoms with E-state index in [1.165, 1.54) is 6.39 Å². The van der Waals surface area contributed by atoms with E-state index in [9.17, 15) is 0 Å². The average molecular weight is 369 g/mol. The molecule has 3 aromatic heterocycles. The van der Waals surface area contributed by atoms with E-state index in [4.69, 9.17) is 14.1 Å². The van der Waals surface area contributed by atoms with E-state index in [-0.39, 0.29) is 0 Å². The Balaban J connectivity index is 1.67. The number of oxazole rings is 1. The van der Waals surface area contributed by atoms with Gasteiger partial charge in [0.15, 0.2) is 17.8 Å². The molecule has 3 heterocycles. The standard InChI is InChI=1S/C21H15N5O2/c1-27-15-5-7-17-16(10-15)21(26-20(25-17)13-3-2-8-22-11-13)24-14-4-6-18-19(9-14)28-12-23-18/h2-12H,1H3,(H,24,25,26). The molecule has 136 valence electrons. The first-order valence-electron chi connectivity index (χ1n) is 8.66. The molecule has 0 bridgehead atoms. The van der Waals surface area contributed by atoms with Crippen LogP contribution in [0, 0.1) is 0 Å². The van der Waals surface area contributed by atoms with Gasteiger partial charge in [-0.05, 0) is 42.5 Å². The number of aromatic nitrogens is 4. The van der Waals surface area contributed by atoms with Gasteiger partial charge in [-0.1, -0.05) is 0 Å². The Hall–Kier alpha value is -4.00. The van der Waals surface area contributed by atoms with Gasteiger partial charge in [-0.3, -0.25) is 4.98 Å². The number of fused-ring (bicyclic) bond motifs is 2. The van der Waals surface area contributed by atoms with Crippen LogP contribution in [-0.4, -0.2) is 27.0 Å². The lowest BCUT2D eigenvalue weighted by Crippen LogP contribution is -2.00. The molecule has 7 nitrogen and oxygen atoms in total. The summed E-state index contributed by atoms with van der Waals surface area (Å²) in [6.07, 6.45) is 4.90. The number of nitrogens with zero attached hydrogens (tertiary/aromatic N) is 4. The first-order chi connectivity index (χ1) is 13.8. The molecule has 0 spiro atoms. The number of hydrogen-bond donors (Lipinski definition) is 1.